The first kappa shape index (κ1) is 18.4. The van der Waals surface area contributed by atoms with Gasteiger partial charge in [-0.1, -0.05) is 18.2 Å². The van der Waals surface area contributed by atoms with Gasteiger partial charge in [-0.05, 0) is 37.5 Å². The minimum absolute atomic E-state index is 0.0184. The largest absolute Gasteiger partial charge is 0.381 e. The SMILES string of the molecule is Cc1ccc(C(C)NC(=O)CN2CCOC3(CCOCC3)C2)cc1C. The smallest absolute Gasteiger partial charge is 0.234 e. The molecule has 1 N–H and O–H groups in total. The Bertz CT molecular complexity index is 605. The molecule has 25 heavy (non-hydrogen) atoms. The Morgan fingerprint density at radius 1 is 1.24 bits per heavy atom. The van der Waals surface area contributed by atoms with Crippen molar-refractivity contribution in [3.63, 3.8) is 0 Å². The molecule has 0 aliphatic carbocycles. The second kappa shape index (κ2) is 7.85. The van der Waals surface area contributed by atoms with Crippen LogP contribution in [0.1, 0.15) is 42.5 Å². The molecule has 0 aromatic heterocycles. The van der Waals surface area contributed by atoms with E-state index >= 15 is 0 Å². The van der Waals surface area contributed by atoms with Gasteiger partial charge in [0.2, 0.25) is 5.91 Å². The van der Waals surface area contributed by atoms with Crippen LogP contribution in [0, 0.1) is 13.8 Å². The summed E-state index contributed by atoms with van der Waals surface area (Å²) in [5, 5.41) is 3.14. The van der Waals surface area contributed by atoms with E-state index in [0.717, 1.165) is 44.7 Å². The monoisotopic (exact) mass is 346 g/mol. The molecule has 3 rings (SSSR count). The summed E-state index contributed by atoms with van der Waals surface area (Å²) in [6, 6.07) is 6.39. The van der Waals surface area contributed by atoms with Crippen LogP contribution < -0.4 is 5.32 Å². The predicted molar refractivity (Wildman–Crippen MR) is 97.6 cm³/mol. The Kier molecular flexibility index (Phi) is 5.77. The zero-order chi connectivity index (χ0) is 17.9. The summed E-state index contributed by atoms with van der Waals surface area (Å²) in [5.74, 6) is 0.0786. The maximum Gasteiger partial charge on any atom is 0.234 e. The van der Waals surface area contributed by atoms with E-state index in [4.69, 9.17) is 9.47 Å². The Labute approximate surface area is 150 Å². The van der Waals surface area contributed by atoms with Crippen molar-refractivity contribution in [2.45, 2.75) is 45.3 Å². The van der Waals surface area contributed by atoms with Gasteiger partial charge in [-0.25, -0.2) is 0 Å². The number of benzene rings is 1. The molecule has 0 saturated carbocycles. The molecule has 2 saturated heterocycles. The van der Waals surface area contributed by atoms with Crippen LogP contribution in [-0.2, 0) is 14.3 Å². The average molecular weight is 346 g/mol. The zero-order valence-electron chi connectivity index (χ0n) is 15.6. The summed E-state index contributed by atoms with van der Waals surface area (Å²) in [6.45, 7) is 10.5. The van der Waals surface area contributed by atoms with Gasteiger partial charge in [0.1, 0.15) is 0 Å². The fourth-order valence-electron chi connectivity index (χ4n) is 3.71. The highest BCUT2D eigenvalue weighted by Gasteiger charge is 2.38. The second-order valence-corrected chi connectivity index (χ2v) is 7.49. The highest BCUT2D eigenvalue weighted by molar-refractivity contribution is 5.78. The molecule has 0 radical (unpaired) electrons. The maximum absolute atomic E-state index is 12.5. The lowest BCUT2D eigenvalue weighted by Gasteiger charge is -2.44. The third kappa shape index (κ3) is 4.60. The fraction of sp³-hybridized carbons (Fsp3) is 0.650. The van der Waals surface area contributed by atoms with Crippen molar-refractivity contribution in [3.05, 3.63) is 34.9 Å². The lowest BCUT2D eigenvalue weighted by molar-refractivity contribution is -0.156. The quantitative estimate of drug-likeness (QED) is 0.909. The van der Waals surface area contributed by atoms with Gasteiger partial charge in [0.05, 0.1) is 24.8 Å². The Hall–Kier alpha value is -1.43. The van der Waals surface area contributed by atoms with E-state index < -0.39 is 0 Å². The average Bonchev–Trinajstić information content (AvgIpc) is 2.58. The van der Waals surface area contributed by atoms with Crippen LogP contribution in [-0.4, -0.2) is 55.9 Å². The van der Waals surface area contributed by atoms with E-state index in [9.17, 15) is 4.79 Å². The van der Waals surface area contributed by atoms with Crippen molar-refractivity contribution in [1.29, 1.82) is 0 Å². The van der Waals surface area contributed by atoms with Gasteiger partial charge in [0, 0.05) is 39.1 Å². The molecular formula is C20H30N2O3. The third-order valence-corrected chi connectivity index (χ3v) is 5.51. The summed E-state index contributed by atoms with van der Waals surface area (Å²) < 4.78 is 11.5. The molecule has 5 nitrogen and oxygen atoms in total. The topological polar surface area (TPSA) is 50.8 Å². The third-order valence-electron chi connectivity index (χ3n) is 5.51. The molecule has 0 bridgehead atoms. The number of ether oxygens (including phenoxy) is 2. The van der Waals surface area contributed by atoms with Gasteiger partial charge in [-0.2, -0.15) is 0 Å². The zero-order valence-corrected chi connectivity index (χ0v) is 15.6. The lowest BCUT2D eigenvalue weighted by Crippen LogP contribution is -2.56. The molecule has 2 aliphatic heterocycles. The highest BCUT2D eigenvalue weighted by atomic mass is 16.5. The maximum atomic E-state index is 12.5. The standard InChI is InChI=1S/C20H30N2O3/c1-15-4-5-18(12-16(15)2)17(3)21-19(23)13-22-8-11-25-20(14-22)6-9-24-10-7-20/h4-5,12,17H,6-11,13-14H2,1-3H3,(H,21,23). The molecule has 1 aromatic rings. The Morgan fingerprint density at radius 2 is 2.00 bits per heavy atom. The first-order valence-electron chi connectivity index (χ1n) is 9.28. The summed E-state index contributed by atoms with van der Waals surface area (Å²) in [7, 11) is 0. The Morgan fingerprint density at radius 3 is 2.72 bits per heavy atom. The molecule has 1 unspecified atom stereocenters. The van der Waals surface area contributed by atoms with E-state index in [-0.39, 0.29) is 17.6 Å². The van der Waals surface area contributed by atoms with Crippen LogP contribution >= 0.6 is 0 Å². The molecule has 1 aromatic carbocycles. The van der Waals surface area contributed by atoms with Crippen molar-refractivity contribution in [2.24, 2.45) is 0 Å². The number of rotatable bonds is 4. The van der Waals surface area contributed by atoms with Crippen molar-refractivity contribution in [1.82, 2.24) is 10.2 Å². The van der Waals surface area contributed by atoms with Crippen molar-refractivity contribution >= 4 is 5.91 Å². The number of nitrogens with one attached hydrogen (secondary N) is 1. The summed E-state index contributed by atoms with van der Waals surface area (Å²) in [6.07, 6.45) is 1.84. The number of hydrogen-bond donors (Lipinski definition) is 1. The van der Waals surface area contributed by atoms with E-state index in [0.29, 0.717) is 13.2 Å². The van der Waals surface area contributed by atoms with Gasteiger partial charge in [-0.15, -0.1) is 0 Å². The van der Waals surface area contributed by atoms with E-state index in [1.54, 1.807) is 0 Å². The highest BCUT2D eigenvalue weighted by Crippen LogP contribution is 2.29. The summed E-state index contributed by atoms with van der Waals surface area (Å²) in [5.41, 5.74) is 3.57. The second-order valence-electron chi connectivity index (χ2n) is 7.49. The van der Waals surface area contributed by atoms with E-state index in [2.05, 4.69) is 42.3 Å². The van der Waals surface area contributed by atoms with Crippen molar-refractivity contribution < 1.29 is 14.3 Å². The molecule has 5 heteroatoms. The van der Waals surface area contributed by atoms with Crippen LogP contribution in [0.15, 0.2) is 18.2 Å². The van der Waals surface area contributed by atoms with E-state index in [1.807, 2.05) is 6.92 Å². The number of nitrogens with zero attached hydrogens (tertiary/aromatic N) is 1. The fourth-order valence-corrected chi connectivity index (χ4v) is 3.71. The van der Waals surface area contributed by atoms with Crippen LogP contribution in [0.2, 0.25) is 0 Å². The van der Waals surface area contributed by atoms with Crippen LogP contribution in [0.4, 0.5) is 0 Å². The van der Waals surface area contributed by atoms with Crippen LogP contribution in [0.25, 0.3) is 0 Å². The molecular weight excluding hydrogens is 316 g/mol. The summed E-state index contributed by atoms with van der Waals surface area (Å²) in [4.78, 5) is 14.7. The van der Waals surface area contributed by atoms with Crippen LogP contribution in [0.5, 0.6) is 0 Å². The Balaban J connectivity index is 1.53. The molecule has 1 spiro atoms. The first-order chi connectivity index (χ1) is 12.0. The molecule has 1 amide bonds. The van der Waals surface area contributed by atoms with Crippen molar-refractivity contribution in [3.8, 4) is 0 Å². The van der Waals surface area contributed by atoms with E-state index in [1.165, 1.54) is 11.1 Å². The number of carbonyl (C=O) groups is 1. The van der Waals surface area contributed by atoms with Gasteiger partial charge in [0.25, 0.3) is 0 Å². The molecule has 138 valence electrons. The van der Waals surface area contributed by atoms with Gasteiger partial charge in [-0.3, -0.25) is 9.69 Å². The lowest BCUT2D eigenvalue weighted by atomic mass is 9.92. The van der Waals surface area contributed by atoms with Gasteiger partial charge in [0.15, 0.2) is 0 Å². The number of carbonyl (C=O) groups excluding carboxylic acids is 1. The first-order valence-corrected chi connectivity index (χ1v) is 9.28. The van der Waals surface area contributed by atoms with Gasteiger partial charge >= 0.3 is 0 Å². The molecule has 2 heterocycles. The minimum atomic E-state index is -0.115. The molecule has 2 aliphatic rings. The van der Waals surface area contributed by atoms with Crippen LogP contribution in [0.3, 0.4) is 0 Å². The number of amides is 1. The predicted octanol–water partition coefficient (Wildman–Crippen LogP) is 2.36. The summed E-state index contributed by atoms with van der Waals surface area (Å²) >= 11 is 0. The number of aryl methyl sites for hydroxylation is 2. The minimum Gasteiger partial charge on any atom is -0.381 e. The molecule has 1 atom stereocenters. The van der Waals surface area contributed by atoms with Gasteiger partial charge < -0.3 is 14.8 Å². The molecule has 2 fully saturated rings. The van der Waals surface area contributed by atoms with Crippen molar-refractivity contribution in [2.75, 3.05) is 39.5 Å². The number of morpholine rings is 1. The normalized spacial score (nSPS) is 21.9. The number of hydrogen-bond acceptors (Lipinski definition) is 4.